The quantitative estimate of drug-likeness (QED) is 0.464. The molecular formula is C20H17F3IN3O. The standard InChI is InChI=1S/C20H17F3IN3O/c21-20(22,23)28-16-9-7-15(8-10-16)27-19-17(6-1-2-11-25-19)18(26-27)13-4-3-5-14(24)12-13/h3-5,7-10,12,25H,1-2,6,11H2. The van der Waals surface area contributed by atoms with Crippen LogP contribution in [0.25, 0.3) is 16.9 Å². The third-order valence-electron chi connectivity index (χ3n) is 4.54. The van der Waals surface area contributed by atoms with Gasteiger partial charge in [0.15, 0.2) is 0 Å². The minimum absolute atomic E-state index is 0.250. The van der Waals surface area contributed by atoms with Crippen molar-refractivity contribution in [1.82, 2.24) is 9.78 Å². The molecule has 0 spiro atoms. The highest BCUT2D eigenvalue weighted by molar-refractivity contribution is 14.1. The summed E-state index contributed by atoms with van der Waals surface area (Å²) < 4.78 is 44.1. The maximum absolute atomic E-state index is 12.4. The second-order valence-electron chi connectivity index (χ2n) is 6.52. The summed E-state index contributed by atoms with van der Waals surface area (Å²) in [6.45, 7) is 0.833. The number of benzene rings is 2. The number of nitrogens with one attached hydrogen (secondary N) is 1. The number of alkyl halides is 3. The number of anilines is 1. The first kappa shape index (κ1) is 19.1. The van der Waals surface area contributed by atoms with Crippen molar-refractivity contribution in [1.29, 1.82) is 0 Å². The molecule has 0 amide bonds. The first-order chi connectivity index (χ1) is 13.4. The van der Waals surface area contributed by atoms with Crippen LogP contribution in [0.15, 0.2) is 48.5 Å². The lowest BCUT2D eigenvalue weighted by atomic mass is 10.0. The fraction of sp³-hybridized carbons (Fsp3) is 0.250. The zero-order valence-electron chi connectivity index (χ0n) is 14.8. The van der Waals surface area contributed by atoms with Crippen LogP contribution in [0.4, 0.5) is 19.0 Å². The number of hydrogen-bond acceptors (Lipinski definition) is 3. The fourth-order valence-electron chi connectivity index (χ4n) is 3.35. The lowest BCUT2D eigenvalue weighted by Gasteiger charge is -2.11. The van der Waals surface area contributed by atoms with Crippen molar-refractivity contribution in [2.24, 2.45) is 0 Å². The molecule has 1 aromatic heterocycles. The molecule has 0 unspecified atom stereocenters. The second kappa shape index (κ2) is 7.65. The van der Waals surface area contributed by atoms with Crippen LogP contribution in [0.5, 0.6) is 5.75 Å². The van der Waals surface area contributed by atoms with Crippen LogP contribution in [0.2, 0.25) is 0 Å². The molecule has 0 saturated carbocycles. The second-order valence-corrected chi connectivity index (χ2v) is 7.77. The normalized spacial score (nSPS) is 14.1. The van der Waals surface area contributed by atoms with Gasteiger partial charge in [-0.3, -0.25) is 0 Å². The van der Waals surface area contributed by atoms with Crippen LogP contribution in [-0.4, -0.2) is 22.7 Å². The lowest BCUT2D eigenvalue weighted by molar-refractivity contribution is -0.274. The van der Waals surface area contributed by atoms with Gasteiger partial charge < -0.3 is 10.1 Å². The van der Waals surface area contributed by atoms with E-state index in [-0.39, 0.29) is 5.75 Å². The summed E-state index contributed by atoms with van der Waals surface area (Å²) >= 11 is 2.27. The van der Waals surface area contributed by atoms with Crippen LogP contribution in [0.1, 0.15) is 18.4 Å². The van der Waals surface area contributed by atoms with Gasteiger partial charge >= 0.3 is 6.36 Å². The average molecular weight is 499 g/mol. The molecule has 1 aliphatic rings. The van der Waals surface area contributed by atoms with Crippen molar-refractivity contribution in [2.45, 2.75) is 25.6 Å². The van der Waals surface area contributed by atoms with Crippen molar-refractivity contribution in [3.63, 3.8) is 0 Å². The molecule has 0 fully saturated rings. The Bertz CT molecular complexity index is 983. The van der Waals surface area contributed by atoms with E-state index in [2.05, 4.69) is 38.7 Å². The van der Waals surface area contributed by atoms with E-state index in [0.717, 1.165) is 52.0 Å². The molecule has 0 aliphatic carbocycles. The largest absolute Gasteiger partial charge is 0.573 e. The van der Waals surface area contributed by atoms with Gasteiger partial charge in [-0.15, -0.1) is 13.2 Å². The third kappa shape index (κ3) is 4.11. The molecule has 3 aromatic rings. The molecule has 28 heavy (non-hydrogen) atoms. The number of hydrogen-bond donors (Lipinski definition) is 1. The Kier molecular flexibility index (Phi) is 5.22. The predicted octanol–water partition coefficient (Wildman–Crippen LogP) is 5.79. The average Bonchev–Trinajstić information content (AvgIpc) is 2.82. The summed E-state index contributed by atoms with van der Waals surface area (Å²) in [5, 5.41) is 8.24. The molecule has 1 N–H and O–H groups in total. The number of rotatable bonds is 3. The molecule has 146 valence electrons. The molecule has 2 heterocycles. The third-order valence-corrected chi connectivity index (χ3v) is 5.21. The van der Waals surface area contributed by atoms with Gasteiger partial charge in [0.05, 0.1) is 11.4 Å². The summed E-state index contributed by atoms with van der Waals surface area (Å²) in [5.41, 5.74) is 3.74. The topological polar surface area (TPSA) is 39.1 Å². The Hall–Kier alpha value is -2.23. The molecule has 8 heteroatoms. The van der Waals surface area contributed by atoms with E-state index in [0.29, 0.717) is 5.69 Å². The highest BCUT2D eigenvalue weighted by Crippen LogP contribution is 2.35. The summed E-state index contributed by atoms with van der Waals surface area (Å²) in [5.74, 6) is 0.649. The highest BCUT2D eigenvalue weighted by atomic mass is 127. The van der Waals surface area contributed by atoms with E-state index >= 15 is 0 Å². The summed E-state index contributed by atoms with van der Waals surface area (Å²) in [6, 6.07) is 13.9. The van der Waals surface area contributed by atoms with Crippen molar-refractivity contribution in [3.8, 4) is 22.7 Å². The van der Waals surface area contributed by atoms with Gasteiger partial charge in [0.1, 0.15) is 11.6 Å². The molecular weight excluding hydrogens is 482 g/mol. The molecule has 0 atom stereocenters. The van der Waals surface area contributed by atoms with Gasteiger partial charge in [-0.1, -0.05) is 12.1 Å². The van der Waals surface area contributed by atoms with Crippen LogP contribution < -0.4 is 10.1 Å². The van der Waals surface area contributed by atoms with Gasteiger partial charge in [-0.2, -0.15) is 5.10 Å². The highest BCUT2D eigenvalue weighted by Gasteiger charge is 2.31. The van der Waals surface area contributed by atoms with E-state index in [1.165, 1.54) is 12.1 Å². The van der Waals surface area contributed by atoms with Crippen molar-refractivity contribution >= 4 is 28.4 Å². The number of aromatic nitrogens is 2. The Balaban J connectivity index is 1.77. The predicted molar refractivity (Wildman–Crippen MR) is 110 cm³/mol. The first-order valence-electron chi connectivity index (χ1n) is 8.88. The Labute approximate surface area is 173 Å². The summed E-state index contributed by atoms with van der Waals surface area (Å²) in [6.07, 6.45) is -1.69. The molecule has 2 aromatic carbocycles. The van der Waals surface area contributed by atoms with Crippen LogP contribution in [0.3, 0.4) is 0 Å². The van der Waals surface area contributed by atoms with E-state index in [1.54, 1.807) is 16.8 Å². The lowest BCUT2D eigenvalue weighted by Crippen LogP contribution is -2.17. The molecule has 1 aliphatic heterocycles. The van der Waals surface area contributed by atoms with Gasteiger partial charge in [0.25, 0.3) is 0 Å². The van der Waals surface area contributed by atoms with Crippen molar-refractivity contribution in [2.75, 3.05) is 11.9 Å². The van der Waals surface area contributed by atoms with Crippen molar-refractivity contribution in [3.05, 3.63) is 57.7 Å². The van der Waals surface area contributed by atoms with Gasteiger partial charge in [0.2, 0.25) is 0 Å². The van der Waals surface area contributed by atoms with Crippen LogP contribution in [-0.2, 0) is 6.42 Å². The minimum Gasteiger partial charge on any atom is -0.406 e. The number of halogens is 4. The maximum atomic E-state index is 12.4. The summed E-state index contributed by atoms with van der Waals surface area (Å²) in [7, 11) is 0. The molecule has 4 rings (SSSR count). The van der Waals surface area contributed by atoms with Crippen molar-refractivity contribution < 1.29 is 17.9 Å². The zero-order valence-corrected chi connectivity index (χ0v) is 16.9. The monoisotopic (exact) mass is 499 g/mol. The van der Waals surface area contributed by atoms with Crippen LogP contribution >= 0.6 is 22.6 Å². The number of ether oxygens (including phenoxy) is 1. The molecule has 0 bridgehead atoms. The molecule has 4 nitrogen and oxygen atoms in total. The van der Waals surface area contributed by atoms with Gasteiger partial charge in [0, 0.05) is 21.2 Å². The molecule has 0 saturated heterocycles. The Morgan fingerprint density at radius 3 is 2.57 bits per heavy atom. The molecule has 0 radical (unpaired) electrons. The smallest absolute Gasteiger partial charge is 0.406 e. The van der Waals surface area contributed by atoms with E-state index in [4.69, 9.17) is 5.10 Å². The SMILES string of the molecule is FC(F)(F)Oc1ccc(-n2nc(-c3cccc(I)c3)c3c2NCCCC3)cc1. The van der Waals surface area contributed by atoms with Gasteiger partial charge in [-0.05, 0) is 78.3 Å². The van der Waals surface area contributed by atoms with E-state index in [9.17, 15) is 13.2 Å². The fourth-order valence-corrected chi connectivity index (χ4v) is 3.89. The summed E-state index contributed by atoms with van der Waals surface area (Å²) in [4.78, 5) is 0. The first-order valence-corrected chi connectivity index (χ1v) is 9.96. The zero-order chi connectivity index (χ0) is 19.7. The van der Waals surface area contributed by atoms with E-state index in [1.807, 2.05) is 18.2 Å². The Morgan fingerprint density at radius 2 is 1.86 bits per heavy atom. The Morgan fingerprint density at radius 1 is 1.07 bits per heavy atom. The number of nitrogens with zero attached hydrogens (tertiary/aromatic N) is 2. The number of fused-ring (bicyclic) bond motifs is 1. The maximum Gasteiger partial charge on any atom is 0.573 e. The van der Waals surface area contributed by atoms with Gasteiger partial charge in [-0.25, -0.2) is 4.68 Å². The minimum atomic E-state index is -4.70. The van der Waals surface area contributed by atoms with Crippen LogP contribution in [0, 0.1) is 3.57 Å². The van der Waals surface area contributed by atoms with E-state index < -0.39 is 6.36 Å².